The Balaban J connectivity index is 1.54. The number of hydrogen-bond acceptors (Lipinski definition) is 6. The molecule has 28 heavy (non-hydrogen) atoms. The van der Waals surface area contributed by atoms with Crippen LogP contribution in [-0.2, 0) is 0 Å². The number of hydrazine groups is 2. The highest BCUT2D eigenvalue weighted by molar-refractivity contribution is 5.94. The molecule has 0 unspecified atom stereocenters. The predicted molar refractivity (Wildman–Crippen MR) is 106 cm³/mol. The van der Waals surface area contributed by atoms with Crippen molar-refractivity contribution in [2.24, 2.45) is 11.7 Å². The molecule has 0 bridgehead atoms. The number of carbonyl (C=O) groups excluding carboxylic acids is 2. The summed E-state index contributed by atoms with van der Waals surface area (Å²) >= 11 is 0. The quantitative estimate of drug-likeness (QED) is 0.202. The minimum atomic E-state index is -0.328. The van der Waals surface area contributed by atoms with Gasteiger partial charge >= 0.3 is 0 Å². The number of nitrogen functional groups attached to an aromatic ring is 2. The maximum absolute atomic E-state index is 11.3. The van der Waals surface area contributed by atoms with Gasteiger partial charge in [0.05, 0.1) is 13.2 Å². The zero-order chi connectivity index (χ0) is 20.2. The average molecular weight is 386 g/mol. The van der Waals surface area contributed by atoms with Crippen LogP contribution in [-0.4, -0.2) is 25.0 Å². The zero-order valence-corrected chi connectivity index (χ0v) is 15.6. The summed E-state index contributed by atoms with van der Waals surface area (Å²) in [6.07, 6.45) is 3.95. The molecule has 8 nitrogen and oxygen atoms in total. The molecule has 8 heteroatoms. The Bertz CT molecular complexity index is 682. The van der Waals surface area contributed by atoms with Gasteiger partial charge in [-0.1, -0.05) is 0 Å². The third-order valence-corrected chi connectivity index (χ3v) is 4.07. The summed E-state index contributed by atoms with van der Waals surface area (Å²) in [5.41, 5.74) is 5.16. The Kier molecular flexibility index (Phi) is 8.77. The van der Waals surface area contributed by atoms with E-state index in [2.05, 4.69) is 10.9 Å². The Labute approximate surface area is 164 Å². The van der Waals surface area contributed by atoms with Crippen LogP contribution in [0.4, 0.5) is 0 Å². The maximum Gasteiger partial charge on any atom is 0.265 e. The van der Waals surface area contributed by atoms with Crippen LogP contribution in [0, 0.1) is 0 Å². The van der Waals surface area contributed by atoms with Crippen molar-refractivity contribution < 1.29 is 19.1 Å². The lowest BCUT2D eigenvalue weighted by atomic mass is 10.2. The molecule has 150 valence electrons. The second-order valence-electron chi connectivity index (χ2n) is 6.11. The number of unbranched alkanes of at least 4 members (excludes halogenated alkanes) is 3. The fraction of sp³-hybridized carbons (Fsp3) is 0.300. The summed E-state index contributed by atoms with van der Waals surface area (Å²) in [5.74, 6) is 11.0. The summed E-state index contributed by atoms with van der Waals surface area (Å²) < 4.78 is 11.3. The van der Waals surface area contributed by atoms with Crippen LogP contribution in [0.1, 0.15) is 46.4 Å². The fourth-order valence-electron chi connectivity index (χ4n) is 2.51. The van der Waals surface area contributed by atoms with Crippen molar-refractivity contribution in [3.63, 3.8) is 0 Å². The van der Waals surface area contributed by atoms with E-state index in [9.17, 15) is 9.59 Å². The lowest BCUT2D eigenvalue weighted by Gasteiger charge is -2.08. The molecule has 0 aliphatic heterocycles. The van der Waals surface area contributed by atoms with E-state index in [1.54, 1.807) is 48.5 Å². The van der Waals surface area contributed by atoms with E-state index in [1.165, 1.54) is 0 Å². The first-order valence-corrected chi connectivity index (χ1v) is 9.11. The van der Waals surface area contributed by atoms with E-state index in [-0.39, 0.29) is 11.8 Å². The number of carbonyl (C=O) groups is 2. The Morgan fingerprint density at radius 3 is 1.32 bits per heavy atom. The molecule has 0 aliphatic carbocycles. The summed E-state index contributed by atoms with van der Waals surface area (Å²) in [6, 6.07) is 13.7. The smallest absolute Gasteiger partial charge is 0.265 e. The van der Waals surface area contributed by atoms with Gasteiger partial charge in [-0.2, -0.15) is 0 Å². The topological polar surface area (TPSA) is 129 Å². The molecule has 6 N–H and O–H groups in total. The van der Waals surface area contributed by atoms with Crippen molar-refractivity contribution in [3.8, 4) is 11.5 Å². The highest BCUT2D eigenvalue weighted by atomic mass is 16.5. The number of benzene rings is 2. The largest absolute Gasteiger partial charge is 0.494 e. The number of nitrogens with two attached hydrogens (primary N) is 2. The molecular weight excluding hydrogens is 360 g/mol. The SMILES string of the molecule is NNC(=O)c1ccc(OCCCCCCOc2ccc(C(=O)NN)cc2)cc1. The highest BCUT2D eigenvalue weighted by Gasteiger charge is 2.04. The van der Waals surface area contributed by atoms with Gasteiger partial charge in [-0.25, -0.2) is 11.7 Å². The average Bonchev–Trinajstić information content (AvgIpc) is 2.75. The van der Waals surface area contributed by atoms with Crippen molar-refractivity contribution in [1.82, 2.24) is 10.9 Å². The van der Waals surface area contributed by atoms with E-state index in [0.717, 1.165) is 37.2 Å². The van der Waals surface area contributed by atoms with Gasteiger partial charge in [0, 0.05) is 11.1 Å². The molecule has 0 fully saturated rings. The van der Waals surface area contributed by atoms with E-state index >= 15 is 0 Å². The Hall–Kier alpha value is -3.10. The minimum Gasteiger partial charge on any atom is -0.494 e. The van der Waals surface area contributed by atoms with E-state index in [0.29, 0.717) is 24.3 Å². The van der Waals surface area contributed by atoms with Gasteiger partial charge in [-0.05, 0) is 74.2 Å². The number of hydrogen-bond donors (Lipinski definition) is 4. The zero-order valence-electron chi connectivity index (χ0n) is 15.6. The monoisotopic (exact) mass is 386 g/mol. The lowest BCUT2D eigenvalue weighted by Crippen LogP contribution is -2.29. The molecule has 0 saturated heterocycles. The van der Waals surface area contributed by atoms with Gasteiger partial charge < -0.3 is 9.47 Å². The summed E-state index contributed by atoms with van der Waals surface area (Å²) in [4.78, 5) is 22.7. The summed E-state index contributed by atoms with van der Waals surface area (Å²) in [6.45, 7) is 1.24. The summed E-state index contributed by atoms with van der Waals surface area (Å²) in [7, 11) is 0. The first-order valence-electron chi connectivity index (χ1n) is 9.11. The van der Waals surface area contributed by atoms with Crippen molar-refractivity contribution in [1.29, 1.82) is 0 Å². The van der Waals surface area contributed by atoms with Crippen molar-refractivity contribution in [3.05, 3.63) is 59.7 Å². The van der Waals surface area contributed by atoms with Crippen molar-refractivity contribution >= 4 is 11.8 Å². The Morgan fingerprint density at radius 1 is 0.643 bits per heavy atom. The molecule has 0 aromatic heterocycles. The molecular formula is C20H26N4O4. The van der Waals surface area contributed by atoms with Crippen LogP contribution in [0.5, 0.6) is 11.5 Å². The van der Waals surface area contributed by atoms with E-state index in [1.807, 2.05) is 0 Å². The Morgan fingerprint density at radius 2 is 1.00 bits per heavy atom. The molecule has 0 aliphatic rings. The molecule has 0 atom stereocenters. The second-order valence-corrected chi connectivity index (χ2v) is 6.11. The van der Waals surface area contributed by atoms with Crippen LogP contribution < -0.4 is 32.0 Å². The van der Waals surface area contributed by atoms with Gasteiger partial charge in [-0.3, -0.25) is 20.4 Å². The van der Waals surface area contributed by atoms with Gasteiger partial charge in [0.15, 0.2) is 0 Å². The minimum absolute atomic E-state index is 0.328. The second kappa shape index (κ2) is 11.6. The van der Waals surface area contributed by atoms with Crippen LogP contribution in [0.25, 0.3) is 0 Å². The van der Waals surface area contributed by atoms with Crippen LogP contribution in [0.15, 0.2) is 48.5 Å². The fourth-order valence-corrected chi connectivity index (χ4v) is 2.51. The number of nitrogens with one attached hydrogen (secondary N) is 2. The molecule has 2 amide bonds. The van der Waals surface area contributed by atoms with E-state index < -0.39 is 0 Å². The first-order chi connectivity index (χ1) is 13.6. The molecule has 2 rings (SSSR count). The molecule has 0 radical (unpaired) electrons. The molecule has 2 aromatic rings. The predicted octanol–water partition coefficient (Wildman–Crippen LogP) is 1.91. The summed E-state index contributed by atoms with van der Waals surface area (Å²) in [5, 5.41) is 0. The molecule has 0 heterocycles. The molecule has 0 spiro atoms. The van der Waals surface area contributed by atoms with Gasteiger partial charge in [0.25, 0.3) is 11.8 Å². The highest BCUT2D eigenvalue weighted by Crippen LogP contribution is 2.14. The third kappa shape index (κ3) is 6.90. The van der Waals surface area contributed by atoms with Crippen LogP contribution in [0.3, 0.4) is 0 Å². The maximum atomic E-state index is 11.3. The van der Waals surface area contributed by atoms with Gasteiger partial charge in [-0.15, -0.1) is 0 Å². The number of rotatable bonds is 11. The van der Waals surface area contributed by atoms with Gasteiger partial charge in [0.1, 0.15) is 11.5 Å². The van der Waals surface area contributed by atoms with E-state index in [4.69, 9.17) is 21.2 Å². The lowest BCUT2D eigenvalue weighted by molar-refractivity contribution is 0.0945. The number of ether oxygens (including phenoxy) is 2. The van der Waals surface area contributed by atoms with Crippen molar-refractivity contribution in [2.75, 3.05) is 13.2 Å². The number of amides is 2. The molecule has 0 saturated carbocycles. The first kappa shape index (κ1) is 21.2. The van der Waals surface area contributed by atoms with Crippen molar-refractivity contribution in [2.45, 2.75) is 25.7 Å². The third-order valence-electron chi connectivity index (χ3n) is 4.07. The van der Waals surface area contributed by atoms with Crippen LogP contribution in [0.2, 0.25) is 0 Å². The van der Waals surface area contributed by atoms with Gasteiger partial charge in [0.2, 0.25) is 0 Å². The normalized spacial score (nSPS) is 10.2. The standard InChI is InChI=1S/C20H26N4O4/c21-23-19(25)15-5-9-17(10-6-15)27-13-3-1-2-4-14-28-18-11-7-16(8-12-18)20(26)24-22/h5-12H,1-4,13-14,21-22H2,(H,23,25)(H,24,26). The van der Waals surface area contributed by atoms with Crippen LogP contribution >= 0.6 is 0 Å². The molecule has 2 aromatic carbocycles.